The quantitative estimate of drug-likeness (QED) is 0.347. The van der Waals surface area contributed by atoms with E-state index in [0.717, 1.165) is 3.57 Å². The third kappa shape index (κ3) is 3.46. The van der Waals surface area contributed by atoms with Gasteiger partial charge in [0, 0.05) is 9.64 Å². The molecule has 0 aliphatic rings. The van der Waals surface area contributed by atoms with Gasteiger partial charge in [-0.25, -0.2) is 4.98 Å². The van der Waals surface area contributed by atoms with Crippen LogP contribution in [0.5, 0.6) is 0 Å². The summed E-state index contributed by atoms with van der Waals surface area (Å²) in [5.74, 6) is 0.0561. The fraction of sp³-hybridized carbons (Fsp3) is 0. The van der Waals surface area contributed by atoms with Crippen LogP contribution in [0, 0.1) is 13.7 Å². The Morgan fingerprint density at radius 2 is 2.00 bits per heavy atom. The van der Waals surface area contributed by atoms with Crippen LogP contribution in [-0.4, -0.2) is 9.91 Å². The first-order valence-electron chi connectivity index (χ1n) is 5.00. The van der Waals surface area contributed by atoms with Crippen LogP contribution >= 0.6 is 45.8 Å². The summed E-state index contributed by atoms with van der Waals surface area (Å²) in [5.41, 5.74) is 0.360. The summed E-state index contributed by atoms with van der Waals surface area (Å²) in [6.07, 6.45) is 0. The van der Waals surface area contributed by atoms with Crippen LogP contribution in [0.25, 0.3) is 0 Å². The molecule has 1 aromatic heterocycles. The fourth-order valence-corrected chi connectivity index (χ4v) is 2.44. The Hall–Kier alpha value is -1.12. The Morgan fingerprint density at radius 1 is 1.26 bits per heavy atom. The summed E-state index contributed by atoms with van der Waals surface area (Å²) in [6.45, 7) is 0. The van der Waals surface area contributed by atoms with Gasteiger partial charge in [0.15, 0.2) is 0 Å². The lowest BCUT2D eigenvalue weighted by molar-refractivity contribution is -0.384. The van der Waals surface area contributed by atoms with Gasteiger partial charge in [-0.2, -0.15) is 0 Å². The number of nitro groups is 1. The highest BCUT2D eigenvalue weighted by atomic mass is 127. The second kappa shape index (κ2) is 5.89. The summed E-state index contributed by atoms with van der Waals surface area (Å²) in [7, 11) is 0. The molecule has 1 N–H and O–H groups in total. The second-order valence-corrected chi connectivity index (χ2v) is 5.55. The van der Waals surface area contributed by atoms with Crippen LogP contribution in [0.15, 0.2) is 30.3 Å². The highest BCUT2D eigenvalue weighted by molar-refractivity contribution is 14.1. The van der Waals surface area contributed by atoms with Crippen LogP contribution in [0.4, 0.5) is 17.2 Å². The summed E-state index contributed by atoms with van der Waals surface area (Å²) in [5, 5.41) is 14.3. The van der Waals surface area contributed by atoms with Crippen molar-refractivity contribution in [3.05, 3.63) is 54.2 Å². The molecule has 0 radical (unpaired) electrons. The van der Waals surface area contributed by atoms with Gasteiger partial charge in [0.25, 0.3) is 0 Å². The lowest BCUT2D eigenvalue weighted by atomic mass is 10.3. The molecule has 2 rings (SSSR count). The van der Waals surface area contributed by atoms with Gasteiger partial charge in [0.1, 0.15) is 5.15 Å². The first-order chi connectivity index (χ1) is 8.97. The van der Waals surface area contributed by atoms with Gasteiger partial charge < -0.3 is 5.32 Å². The van der Waals surface area contributed by atoms with Crippen molar-refractivity contribution in [3.63, 3.8) is 0 Å². The number of hydrogen-bond acceptors (Lipinski definition) is 4. The number of anilines is 2. The maximum absolute atomic E-state index is 10.9. The van der Waals surface area contributed by atoms with Crippen molar-refractivity contribution in [2.24, 2.45) is 0 Å². The average molecular weight is 410 g/mol. The molecule has 0 aliphatic heterocycles. The van der Waals surface area contributed by atoms with E-state index in [1.54, 1.807) is 12.1 Å². The molecule has 0 amide bonds. The van der Waals surface area contributed by atoms with Crippen molar-refractivity contribution in [3.8, 4) is 0 Å². The number of hydrogen-bond donors (Lipinski definition) is 1. The second-order valence-electron chi connectivity index (χ2n) is 3.51. The molecule has 98 valence electrons. The molecule has 1 heterocycles. The van der Waals surface area contributed by atoms with Gasteiger partial charge in [-0.05, 0) is 46.9 Å². The molecule has 2 aromatic rings. The van der Waals surface area contributed by atoms with Crippen LogP contribution in [0.2, 0.25) is 10.2 Å². The topological polar surface area (TPSA) is 68.1 Å². The van der Waals surface area contributed by atoms with E-state index in [4.69, 9.17) is 23.2 Å². The standard InChI is InChI=1S/C11H6Cl2IN3O2/c12-7-5-6(14)1-2-8(7)15-11-9(17(18)19)3-4-10(13)16-11/h1-5H,(H,15,16). The van der Waals surface area contributed by atoms with Crippen molar-refractivity contribution in [2.45, 2.75) is 0 Å². The van der Waals surface area contributed by atoms with E-state index in [0.29, 0.717) is 10.7 Å². The fourth-order valence-electron chi connectivity index (χ4n) is 1.39. The van der Waals surface area contributed by atoms with Crippen LogP contribution < -0.4 is 5.32 Å². The van der Waals surface area contributed by atoms with Crippen molar-refractivity contribution in [1.29, 1.82) is 0 Å². The van der Waals surface area contributed by atoms with E-state index in [9.17, 15) is 10.1 Å². The monoisotopic (exact) mass is 409 g/mol. The molecule has 5 nitrogen and oxygen atoms in total. The van der Waals surface area contributed by atoms with Crippen LogP contribution in [-0.2, 0) is 0 Å². The van der Waals surface area contributed by atoms with E-state index < -0.39 is 4.92 Å². The maximum Gasteiger partial charge on any atom is 0.311 e. The zero-order valence-electron chi connectivity index (χ0n) is 9.23. The maximum atomic E-state index is 10.9. The normalized spacial score (nSPS) is 10.3. The lowest BCUT2D eigenvalue weighted by Crippen LogP contribution is -2.00. The molecule has 0 saturated carbocycles. The Kier molecular flexibility index (Phi) is 4.43. The molecule has 1 aromatic carbocycles. The van der Waals surface area contributed by atoms with Crippen molar-refractivity contribution < 1.29 is 4.92 Å². The van der Waals surface area contributed by atoms with Crippen molar-refractivity contribution in [1.82, 2.24) is 4.98 Å². The van der Waals surface area contributed by atoms with Crippen LogP contribution in [0.3, 0.4) is 0 Å². The minimum absolute atomic E-state index is 0.0561. The van der Waals surface area contributed by atoms with E-state index in [2.05, 4.69) is 32.9 Å². The predicted octanol–water partition coefficient (Wildman–Crippen LogP) is 4.64. The van der Waals surface area contributed by atoms with Gasteiger partial charge in [-0.1, -0.05) is 23.2 Å². The number of nitrogens with one attached hydrogen (secondary N) is 1. The van der Waals surface area contributed by atoms with Crippen molar-refractivity contribution >= 4 is 63.0 Å². The molecule has 0 saturated heterocycles. The highest BCUT2D eigenvalue weighted by Gasteiger charge is 2.16. The first-order valence-corrected chi connectivity index (χ1v) is 6.84. The average Bonchev–Trinajstić information content (AvgIpc) is 2.32. The zero-order valence-corrected chi connectivity index (χ0v) is 12.9. The van der Waals surface area contributed by atoms with E-state index in [1.165, 1.54) is 12.1 Å². The molecule has 0 atom stereocenters. The minimum atomic E-state index is -0.535. The first kappa shape index (κ1) is 14.3. The van der Waals surface area contributed by atoms with Crippen molar-refractivity contribution in [2.75, 3.05) is 5.32 Å². The molecule has 0 spiro atoms. The molecule has 0 unspecified atom stereocenters. The number of rotatable bonds is 3. The predicted molar refractivity (Wildman–Crippen MR) is 83.4 cm³/mol. The Morgan fingerprint density at radius 3 is 2.63 bits per heavy atom. The summed E-state index contributed by atoms with van der Waals surface area (Å²) in [6, 6.07) is 7.93. The number of aromatic nitrogens is 1. The minimum Gasteiger partial charge on any atom is -0.333 e. The number of halogens is 3. The zero-order chi connectivity index (χ0) is 14.0. The summed E-state index contributed by atoms with van der Waals surface area (Å²) in [4.78, 5) is 14.3. The largest absolute Gasteiger partial charge is 0.333 e. The summed E-state index contributed by atoms with van der Waals surface area (Å²) < 4.78 is 0.960. The molecular weight excluding hydrogens is 404 g/mol. The molecule has 19 heavy (non-hydrogen) atoms. The smallest absolute Gasteiger partial charge is 0.311 e. The SMILES string of the molecule is O=[N+]([O-])c1ccc(Cl)nc1Nc1ccc(I)cc1Cl. The third-order valence-electron chi connectivity index (χ3n) is 2.22. The van der Waals surface area contributed by atoms with E-state index in [-0.39, 0.29) is 16.7 Å². The number of benzene rings is 1. The molecule has 8 heteroatoms. The molecule has 0 aliphatic carbocycles. The van der Waals surface area contributed by atoms with Gasteiger partial charge in [-0.3, -0.25) is 10.1 Å². The molecular formula is C11H6Cl2IN3O2. The lowest BCUT2D eigenvalue weighted by Gasteiger charge is -2.08. The van der Waals surface area contributed by atoms with E-state index in [1.807, 2.05) is 6.07 Å². The van der Waals surface area contributed by atoms with Gasteiger partial charge in [-0.15, -0.1) is 0 Å². The third-order valence-corrected chi connectivity index (χ3v) is 3.42. The Bertz CT molecular complexity index is 652. The Balaban J connectivity index is 2.42. The molecule has 0 bridgehead atoms. The number of nitrogens with zero attached hydrogens (tertiary/aromatic N) is 2. The van der Waals surface area contributed by atoms with Gasteiger partial charge >= 0.3 is 5.69 Å². The Labute approximate surface area is 132 Å². The number of pyridine rings is 1. The van der Waals surface area contributed by atoms with Gasteiger partial charge in [0.05, 0.1) is 15.6 Å². The molecule has 0 fully saturated rings. The highest BCUT2D eigenvalue weighted by Crippen LogP contribution is 2.31. The summed E-state index contributed by atoms with van der Waals surface area (Å²) >= 11 is 13.9. The van der Waals surface area contributed by atoms with Gasteiger partial charge in [0.2, 0.25) is 5.82 Å². The van der Waals surface area contributed by atoms with Crippen LogP contribution in [0.1, 0.15) is 0 Å². The van der Waals surface area contributed by atoms with E-state index >= 15 is 0 Å².